The summed E-state index contributed by atoms with van der Waals surface area (Å²) in [7, 11) is 0. The summed E-state index contributed by atoms with van der Waals surface area (Å²) < 4.78 is 5.44. The van der Waals surface area contributed by atoms with Gasteiger partial charge in [-0.25, -0.2) is 0 Å². The van der Waals surface area contributed by atoms with Gasteiger partial charge in [0.15, 0.2) is 5.78 Å². The average Bonchev–Trinajstić information content (AvgIpc) is 2.44. The van der Waals surface area contributed by atoms with Crippen molar-refractivity contribution < 1.29 is 9.53 Å². The average molecular weight is 302 g/mol. The van der Waals surface area contributed by atoms with Gasteiger partial charge in [0.2, 0.25) is 0 Å². The zero-order valence-electron chi connectivity index (χ0n) is 11.7. The van der Waals surface area contributed by atoms with E-state index in [9.17, 15) is 4.79 Å². The number of ether oxygens (including phenoxy) is 1. The van der Waals surface area contributed by atoms with Crippen LogP contribution in [0.25, 0.3) is 0 Å². The number of halogens is 1. The number of rotatable bonds is 5. The molecule has 0 heterocycles. The summed E-state index contributed by atoms with van der Waals surface area (Å²) in [6.07, 6.45) is 1.67. The van der Waals surface area contributed by atoms with Gasteiger partial charge >= 0.3 is 0 Å². The van der Waals surface area contributed by atoms with Gasteiger partial charge in [0.25, 0.3) is 0 Å². The third kappa shape index (κ3) is 3.44. The van der Waals surface area contributed by atoms with E-state index < -0.39 is 0 Å². The van der Waals surface area contributed by atoms with E-state index in [1.165, 1.54) is 0 Å². The quantitative estimate of drug-likeness (QED) is 0.515. The van der Waals surface area contributed by atoms with E-state index in [0.717, 1.165) is 5.56 Å². The Kier molecular flexibility index (Phi) is 4.66. The number of anilines is 1. The minimum atomic E-state index is -0.132. The number of nitrogen functional groups attached to an aromatic ring is 1. The van der Waals surface area contributed by atoms with Crippen LogP contribution < -0.4 is 10.5 Å². The molecule has 108 valence electrons. The summed E-state index contributed by atoms with van der Waals surface area (Å²) in [6.45, 7) is 5.88. The molecule has 0 saturated carbocycles. The molecule has 2 aromatic carbocycles. The molecule has 0 bridgehead atoms. The molecule has 0 aliphatic carbocycles. The molecule has 4 heteroatoms. The smallest absolute Gasteiger partial charge is 0.194 e. The summed E-state index contributed by atoms with van der Waals surface area (Å²) in [5.41, 5.74) is 8.03. The molecule has 2 rings (SSSR count). The maximum Gasteiger partial charge on any atom is 0.194 e. The first-order valence-corrected chi connectivity index (χ1v) is 6.85. The second-order valence-corrected chi connectivity index (χ2v) is 5.05. The SMILES string of the molecule is C=CCOc1ccc(C(=O)c2ccc(N)cc2Cl)c(C)c1. The van der Waals surface area contributed by atoms with Crippen molar-refractivity contribution in [3.63, 3.8) is 0 Å². The molecule has 0 unspecified atom stereocenters. The Morgan fingerprint density at radius 3 is 2.62 bits per heavy atom. The first kappa shape index (κ1) is 15.1. The minimum absolute atomic E-state index is 0.132. The zero-order valence-corrected chi connectivity index (χ0v) is 12.5. The van der Waals surface area contributed by atoms with Crippen molar-refractivity contribution >= 4 is 23.1 Å². The number of carbonyl (C=O) groups is 1. The standard InChI is InChI=1S/C17H16ClNO2/c1-3-8-21-13-5-7-14(11(2)9-13)17(20)15-6-4-12(19)10-16(15)18/h3-7,9-10H,1,8,19H2,2H3. The van der Waals surface area contributed by atoms with Crippen LogP contribution in [0.2, 0.25) is 5.02 Å². The highest BCUT2D eigenvalue weighted by Crippen LogP contribution is 2.25. The Morgan fingerprint density at radius 1 is 1.29 bits per heavy atom. The molecular weight excluding hydrogens is 286 g/mol. The van der Waals surface area contributed by atoms with Gasteiger partial charge in [0, 0.05) is 16.8 Å². The molecule has 0 amide bonds. The lowest BCUT2D eigenvalue weighted by molar-refractivity contribution is 0.103. The maximum absolute atomic E-state index is 12.5. The molecule has 21 heavy (non-hydrogen) atoms. The summed E-state index contributed by atoms with van der Waals surface area (Å²) in [6, 6.07) is 10.2. The number of hydrogen-bond donors (Lipinski definition) is 1. The Balaban J connectivity index is 2.33. The molecule has 3 nitrogen and oxygen atoms in total. The predicted octanol–water partition coefficient (Wildman–Crippen LogP) is 4.03. The van der Waals surface area contributed by atoms with Crippen molar-refractivity contribution in [2.45, 2.75) is 6.92 Å². The highest BCUT2D eigenvalue weighted by molar-refractivity contribution is 6.35. The van der Waals surface area contributed by atoms with E-state index in [0.29, 0.717) is 34.2 Å². The Morgan fingerprint density at radius 2 is 2.00 bits per heavy atom. The summed E-state index contributed by atoms with van der Waals surface area (Å²) in [5.74, 6) is 0.570. The van der Waals surface area contributed by atoms with Crippen molar-refractivity contribution in [1.82, 2.24) is 0 Å². The molecule has 0 saturated heterocycles. The fourth-order valence-corrected chi connectivity index (χ4v) is 2.27. The third-order valence-electron chi connectivity index (χ3n) is 3.05. The first-order chi connectivity index (χ1) is 10.0. The van der Waals surface area contributed by atoms with Gasteiger partial charge in [-0.3, -0.25) is 4.79 Å². The lowest BCUT2D eigenvalue weighted by atomic mass is 9.98. The van der Waals surface area contributed by atoms with Gasteiger partial charge in [0.1, 0.15) is 12.4 Å². The Bertz CT molecular complexity index is 695. The summed E-state index contributed by atoms with van der Waals surface area (Å²) in [5, 5.41) is 0.353. The second kappa shape index (κ2) is 6.46. The highest BCUT2D eigenvalue weighted by atomic mass is 35.5. The van der Waals surface area contributed by atoms with Crippen LogP contribution in [0.1, 0.15) is 21.5 Å². The van der Waals surface area contributed by atoms with Crippen molar-refractivity contribution in [2.24, 2.45) is 0 Å². The molecule has 0 radical (unpaired) electrons. The predicted molar refractivity (Wildman–Crippen MR) is 86.2 cm³/mol. The van der Waals surface area contributed by atoms with Crippen LogP contribution in [0.5, 0.6) is 5.75 Å². The van der Waals surface area contributed by atoms with Crippen molar-refractivity contribution in [1.29, 1.82) is 0 Å². The van der Waals surface area contributed by atoms with Gasteiger partial charge in [-0.2, -0.15) is 0 Å². The van der Waals surface area contributed by atoms with Gasteiger partial charge in [-0.15, -0.1) is 0 Å². The molecule has 0 spiro atoms. The molecule has 0 aromatic heterocycles. The van der Waals surface area contributed by atoms with E-state index in [1.807, 2.05) is 13.0 Å². The molecule has 0 aliphatic heterocycles. The van der Waals surface area contributed by atoms with Crippen LogP contribution in [0.3, 0.4) is 0 Å². The van der Waals surface area contributed by atoms with E-state index in [1.54, 1.807) is 36.4 Å². The number of carbonyl (C=O) groups excluding carboxylic acids is 1. The first-order valence-electron chi connectivity index (χ1n) is 6.47. The van der Waals surface area contributed by atoms with Crippen molar-refractivity contribution in [3.05, 3.63) is 70.8 Å². The van der Waals surface area contributed by atoms with Crippen LogP contribution in [-0.2, 0) is 0 Å². The Hall–Kier alpha value is -2.26. The van der Waals surface area contributed by atoms with Gasteiger partial charge < -0.3 is 10.5 Å². The summed E-state index contributed by atoms with van der Waals surface area (Å²) >= 11 is 6.09. The normalized spacial score (nSPS) is 10.2. The van der Waals surface area contributed by atoms with Crippen LogP contribution >= 0.6 is 11.6 Å². The number of hydrogen-bond acceptors (Lipinski definition) is 3. The number of nitrogens with two attached hydrogens (primary N) is 1. The van der Waals surface area contributed by atoms with Gasteiger partial charge in [-0.1, -0.05) is 24.3 Å². The van der Waals surface area contributed by atoms with Crippen LogP contribution in [-0.4, -0.2) is 12.4 Å². The largest absolute Gasteiger partial charge is 0.490 e. The number of ketones is 1. The topological polar surface area (TPSA) is 52.3 Å². The van der Waals surface area contributed by atoms with E-state index in [4.69, 9.17) is 22.1 Å². The molecule has 0 atom stereocenters. The number of benzene rings is 2. The monoisotopic (exact) mass is 301 g/mol. The summed E-state index contributed by atoms with van der Waals surface area (Å²) in [4.78, 5) is 12.5. The third-order valence-corrected chi connectivity index (χ3v) is 3.36. The van der Waals surface area contributed by atoms with E-state index in [-0.39, 0.29) is 5.78 Å². The lowest BCUT2D eigenvalue weighted by Crippen LogP contribution is -2.05. The lowest BCUT2D eigenvalue weighted by Gasteiger charge is -2.10. The molecule has 2 aromatic rings. The van der Waals surface area contributed by atoms with E-state index >= 15 is 0 Å². The second-order valence-electron chi connectivity index (χ2n) is 4.64. The van der Waals surface area contributed by atoms with Crippen LogP contribution in [0.15, 0.2) is 49.1 Å². The Labute approximate surface area is 129 Å². The molecular formula is C17H16ClNO2. The fourth-order valence-electron chi connectivity index (χ4n) is 2.00. The van der Waals surface area contributed by atoms with E-state index in [2.05, 4.69) is 6.58 Å². The molecule has 0 fully saturated rings. The van der Waals surface area contributed by atoms with Crippen molar-refractivity contribution in [2.75, 3.05) is 12.3 Å². The highest BCUT2D eigenvalue weighted by Gasteiger charge is 2.15. The maximum atomic E-state index is 12.5. The molecule has 2 N–H and O–H groups in total. The zero-order chi connectivity index (χ0) is 15.4. The van der Waals surface area contributed by atoms with Crippen molar-refractivity contribution in [3.8, 4) is 5.75 Å². The minimum Gasteiger partial charge on any atom is -0.490 e. The number of aryl methyl sites for hydroxylation is 1. The molecule has 0 aliphatic rings. The van der Waals surface area contributed by atoms with Gasteiger partial charge in [-0.05, 0) is 48.9 Å². The van der Waals surface area contributed by atoms with Crippen LogP contribution in [0.4, 0.5) is 5.69 Å². The fraction of sp³-hybridized carbons (Fsp3) is 0.118. The van der Waals surface area contributed by atoms with Gasteiger partial charge in [0.05, 0.1) is 5.02 Å². The van der Waals surface area contributed by atoms with Crippen LogP contribution in [0, 0.1) is 6.92 Å².